The third kappa shape index (κ3) is 3.27. The molecule has 0 aliphatic heterocycles. The summed E-state index contributed by atoms with van der Waals surface area (Å²) in [6, 6.07) is 5.84. The Bertz CT molecular complexity index is 786. The molecule has 8 heteroatoms. The fourth-order valence-corrected chi connectivity index (χ4v) is 2.06. The van der Waals surface area contributed by atoms with E-state index < -0.39 is 5.91 Å². The SMILES string of the molecule is O=C(NCCn1nc(C2CC2)ccc1=O)c1ccc(=O)[nH]n1. The Morgan fingerprint density at radius 3 is 2.77 bits per heavy atom. The molecule has 1 aliphatic rings. The fraction of sp³-hybridized carbons (Fsp3) is 0.357. The second-order valence-electron chi connectivity index (χ2n) is 5.16. The number of carbonyl (C=O) groups excluding carboxylic acids is 1. The highest BCUT2D eigenvalue weighted by molar-refractivity contribution is 5.91. The maximum absolute atomic E-state index is 11.8. The molecular weight excluding hydrogens is 286 g/mol. The van der Waals surface area contributed by atoms with Crippen LogP contribution in [0.2, 0.25) is 0 Å². The van der Waals surface area contributed by atoms with Crippen LogP contribution < -0.4 is 16.4 Å². The van der Waals surface area contributed by atoms with Gasteiger partial charge in [0.15, 0.2) is 0 Å². The number of H-pyrrole nitrogens is 1. The topological polar surface area (TPSA) is 110 Å². The van der Waals surface area contributed by atoms with E-state index in [0.717, 1.165) is 18.5 Å². The number of aromatic amines is 1. The summed E-state index contributed by atoms with van der Waals surface area (Å²) in [7, 11) is 0. The highest BCUT2D eigenvalue weighted by atomic mass is 16.2. The number of nitrogens with zero attached hydrogens (tertiary/aromatic N) is 3. The zero-order chi connectivity index (χ0) is 15.5. The molecule has 1 fully saturated rings. The van der Waals surface area contributed by atoms with Gasteiger partial charge >= 0.3 is 0 Å². The van der Waals surface area contributed by atoms with E-state index >= 15 is 0 Å². The second-order valence-corrected chi connectivity index (χ2v) is 5.16. The molecule has 2 aromatic heterocycles. The van der Waals surface area contributed by atoms with Gasteiger partial charge in [-0.2, -0.15) is 10.2 Å². The molecule has 2 N–H and O–H groups in total. The summed E-state index contributed by atoms with van der Waals surface area (Å²) in [6.45, 7) is 0.537. The van der Waals surface area contributed by atoms with Crippen molar-refractivity contribution in [2.24, 2.45) is 0 Å². The summed E-state index contributed by atoms with van der Waals surface area (Å²) >= 11 is 0. The largest absolute Gasteiger partial charge is 0.349 e. The summed E-state index contributed by atoms with van der Waals surface area (Å²) in [6.07, 6.45) is 2.22. The van der Waals surface area contributed by atoms with Crippen molar-refractivity contribution >= 4 is 5.91 Å². The van der Waals surface area contributed by atoms with E-state index in [4.69, 9.17) is 0 Å². The lowest BCUT2D eigenvalue weighted by Crippen LogP contribution is -2.32. The van der Waals surface area contributed by atoms with Gasteiger partial charge in [0, 0.05) is 24.6 Å². The van der Waals surface area contributed by atoms with Crippen LogP contribution in [0.1, 0.15) is 34.9 Å². The van der Waals surface area contributed by atoms with Gasteiger partial charge in [-0.25, -0.2) is 9.78 Å². The summed E-state index contributed by atoms with van der Waals surface area (Å²) in [5.41, 5.74) is 0.477. The predicted octanol–water partition coefficient (Wildman–Crippen LogP) is -0.366. The maximum Gasteiger partial charge on any atom is 0.271 e. The molecular formula is C14H15N5O3. The monoisotopic (exact) mass is 301 g/mol. The lowest BCUT2D eigenvalue weighted by molar-refractivity contribution is 0.0945. The van der Waals surface area contributed by atoms with Gasteiger partial charge in [-0.05, 0) is 25.0 Å². The fourth-order valence-electron chi connectivity index (χ4n) is 2.06. The molecule has 114 valence electrons. The molecule has 0 unspecified atom stereocenters. The van der Waals surface area contributed by atoms with Crippen LogP contribution in [0.4, 0.5) is 0 Å². The number of carbonyl (C=O) groups is 1. The number of aromatic nitrogens is 4. The standard InChI is InChI=1S/C14H15N5O3/c20-12-5-3-11(16-17-12)14(22)15-7-8-19-13(21)6-4-10(18-19)9-1-2-9/h3-6,9H,1-2,7-8H2,(H,15,22)(H,17,20). The van der Waals surface area contributed by atoms with Crippen molar-refractivity contribution in [2.75, 3.05) is 6.54 Å². The molecule has 0 radical (unpaired) electrons. The van der Waals surface area contributed by atoms with Gasteiger partial charge in [-0.1, -0.05) is 0 Å². The first-order valence-electron chi connectivity index (χ1n) is 7.05. The number of rotatable bonds is 5. The normalized spacial score (nSPS) is 13.8. The predicted molar refractivity (Wildman–Crippen MR) is 77.7 cm³/mol. The quantitative estimate of drug-likeness (QED) is 0.783. The zero-order valence-corrected chi connectivity index (χ0v) is 11.8. The molecule has 2 aromatic rings. The van der Waals surface area contributed by atoms with Gasteiger partial charge in [-0.15, -0.1) is 0 Å². The molecule has 0 aromatic carbocycles. The molecule has 1 amide bonds. The van der Waals surface area contributed by atoms with E-state index in [1.807, 2.05) is 0 Å². The Kier molecular flexibility index (Phi) is 3.82. The van der Waals surface area contributed by atoms with E-state index in [1.54, 1.807) is 6.07 Å². The summed E-state index contributed by atoms with van der Waals surface area (Å²) < 4.78 is 1.36. The van der Waals surface area contributed by atoms with E-state index in [-0.39, 0.29) is 29.9 Å². The van der Waals surface area contributed by atoms with Crippen LogP contribution in [0.3, 0.4) is 0 Å². The molecule has 22 heavy (non-hydrogen) atoms. The van der Waals surface area contributed by atoms with E-state index in [0.29, 0.717) is 5.92 Å². The molecule has 8 nitrogen and oxygen atoms in total. The molecule has 1 saturated carbocycles. The minimum atomic E-state index is -0.414. The average Bonchev–Trinajstić information content (AvgIpc) is 3.34. The van der Waals surface area contributed by atoms with Crippen LogP contribution in [0.25, 0.3) is 0 Å². The first kappa shape index (κ1) is 14.2. The Hall–Kier alpha value is -2.77. The number of amides is 1. The Morgan fingerprint density at radius 1 is 1.27 bits per heavy atom. The second kappa shape index (κ2) is 5.92. The average molecular weight is 301 g/mol. The Balaban J connectivity index is 1.59. The molecule has 0 atom stereocenters. The highest BCUT2D eigenvalue weighted by Crippen LogP contribution is 2.38. The number of hydrogen-bond acceptors (Lipinski definition) is 5. The maximum atomic E-state index is 11.8. The van der Waals surface area contributed by atoms with Crippen molar-refractivity contribution < 1.29 is 4.79 Å². The first-order valence-corrected chi connectivity index (χ1v) is 7.05. The minimum Gasteiger partial charge on any atom is -0.349 e. The van der Waals surface area contributed by atoms with Gasteiger partial charge in [0.25, 0.3) is 17.0 Å². The van der Waals surface area contributed by atoms with E-state index in [1.165, 1.54) is 22.9 Å². The number of nitrogens with one attached hydrogen (secondary N) is 2. The lowest BCUT2D eigenvalue weighted by atomic mass is 10.3. The van der Waals surface area contributed by atoms with E-state index in [2.05, 4.69) is 20.6 Å². The first-order chi connectivity index (χ1) is 10.6. The van der Waals surface area contributed by atoms with Gasteiger partial charge in [0.05, 0.1) is 12.2 Å². The van der Waals surface area contributed by atoms with Crippen LogP contribution >= 0.6 is 0 Å². The van der Waals surface area contributed by atoms with Crippen LogP contribution in [0.15, 0.2) is 33.9 Å². The van der Waals surface area contributed by atoms with Crippen molar-refractivity contribution in [3.63, 3.8) is 0 Å². The van der Waals surface area contributed by atoms with Gasteiger partial charge in [0.2, 0.25) is 0 Å². The summed E-state index contributed by atoms with van der Waals surface area (Å²) in [5, 5.41) is 12.8. The van der Waals surface area contributed by atoms with Gasteiger partial charge in [-0.3, -0.25) is 14.4 Å². The third-order valence-electron chi connectivity index (χ3n) is 3.40. The Labute approximate surface area is 125 Å². The summed E-state index contributed by atoms with van der Waals surface area (Å²) in [5.74, 6) is 0.0504. The van der Waals surface area contributed by atoms with Crippen molar-refractivity contribution in [3.05, 3.63) is 56.4 Å². The van der Waals surface area contributed by atoms with Crippen LogP contribution in [-0.2, 0) is 6.54 Å². The van der Waals surface area contributed by atoms with Crippen molar-refractivity contribution in [1.29, 1.82) is 0 Å². The smallest absolute Gasteiger partial charge is 0.271 e. The Morgan fingerprint density at radius 2 is 2.09 bits per heavy atom. The third-order valence-corrected chi connectivity index (χ3v) is 3.40. The van der Waals surface area contributed by atoms with Crippen LogP contribution in [0.5, 0.6) is 0 Å². The van der Waals surface area contributed by atoms with Crippen molar-refractivity contribution in [2.45, 2.75) is 25.3 Å². The zero-order valence-electron chi connectivity index (χ0n) is 11.8. The molecule has 1 aliphatic carbocycles. The molecule has 0 spiro atoms. The lowest BCUT2D eigenvalue weighted by Gasteiger charge is -2.07. The minimum absolute atomic E-state index is 0.117. The van der Waals surface area contributed by atoms with Crippen LogP contribution in [0, 0.1) is 0 Å². The van der Waals surface area contributed by atoms with Crippen LogP contribution in [-0.4, -0.2) is 32.4 Å². The summed E-state index contributed by atoms with van der Waals surface area (Å²) in [4.78, 5) is 34.4. The van der Waals surface area contributed by atoms with Gasteiger partial charge in [0.1, 0.15) is 5.69 Å². The van der Waals surface area contributed by atoms with Crippen molar-refractivity contribution in [3.8, 4) is 0 Å². The van der Waals surface area contributed by atoms with Crippen molar-refractivity contribution in [1.82, 2.24) is 25.3 Å². The van der Waals surface area contributed by atoms with E-state index in [9.17, 15) is 14.4 Å². The highest BCUT2D eigenvalue weighted by Gasteiger charge is 2.25. The number of hydrogen-bond donors (Lipinski definition) is 2. The molecule has 0 bridgehead atoms. The molecule has 3 rings (SSSR count). The molecule has 2 heterocycles. The van der Waals surface area contributed by atoms with Gasteiger partial charge < -0.3 is 5.32 Å². The molecule has 0 saturated heterocycles.